The third-order valence-corrected chi connectivity index (χ3v) is 5.45. The average molecular weight is 373 g/mol. The normalized spacial score (nSPS) is 25.4. The molecule has 0 fully saturated rings. The van der Waals surface area contributed by atoms with E-state index in [1.54, 1.807) is 11.8 Å². The maximum atomic E-state index is 12.4. The molecule has 1 aromatic rings. The molecule has 0 bridgehead atoms. The van der Waals surface area contributed by atoms with E-state index in [0.717, 1.165) is 24.3 Å². The second kappa shape index (κ2) is 8.01. The van der Waals surface area contributed by atoms with Gasteiger partial charge >= 0.3 is 0 Å². The molecular weight excluding hydrogens is 350 g/mol. The number of hydrogen-bond acceptors (Lipinski definition) is 7. The Kier molecular flexibility index (Phi) is 5.73. The van der Waals surface area contributed by atoms with Gasteiger partial charge in [-0.05, 0) is 25.8 Å². The molecule has 0 saturated carbocycles. The number of amidine groups is 1. The molecule has 0 aromatic carbocycles. The Balaban J connectivity index is 1.70. The summed E-state index contributed by atoms with van der Waals surface area (Å²) in [6.07, 6.45) is 11.2. The summed E-state index contributed by atoms with van der Waals surface area (Å²) in [4.78, 5) is 25.3. The van der Waals surface area contributed by atoms with Crippen LogP contribution in [-0.4, -0.2) is 44.0 Å². The SMILES string of the molecule is C[C@@]1(C2C=C(NC(=O)c3cnc(CCO)cn3)C=CC2)CCSC(N)=N1. The first kappa shape index (κ1) is 18.6. The number of aliphatic hydroxyl groups is 1. The lowest BCUT2D eigenvalue weighted by Gasteiger charge is -2.36. The molecule has 1 amide bonds. The number of carbonyl (C=O) groups is 1. The van der Waals surface area contributed by atoms with Gasteiger partial charge in [0.15, 0.2) is 5.17 Å². The number of amides is 1. The van der Waals surface area contributed by atoms with Gasteiger partial charge in [0, 0.05) is 36.6 Å². The van der Waals surface area contributed by atoms with Crippen LogP contribution in [0.1, 0.15) is 35.9 Å². The number of aliphatic imine (C=N–C) groups is 1. The van der Waals surface area contributed by atoms with Gasteiger partial charge in [0.05, 0.1) is 17.4 Å². The van der Waals surface area contributed by atoms with Crippen LogP contribution in [-0.2, 0) is 6.42 Å². The number of aromatic nitrogens is 2. The lowest BCUT2D eigenvalue weighted by Crippen LogP contribution is -2.38. The van der Waals surface area contributed by atoms with Crippen molar-refractivity contribution in [1.82, 2.24) is 15.3 Å². The van der Waals surface area contributed by atoms with E-state index in [0.29, 0.717) is 17.3 Å². The molecule has 3 rings (SSSR count). The summed E-state index contributed by atoms with van der Waals surface area (Å²) >= 11 is 1.59. The van der Waals surface area contributed by atoms with Crippen molar-refractivity contribution in [3.63, 3.8) is 0 Å². The smallest absolute Gasteiger partial charge is 0.275 e. The molecule has 26 heavy (non-hydrogen) atoms. The summed E-state index contributed by atoms with van der Waals surface area (Å²) in [5.74, 6) is 0.828. The van der Waals surface area contributed by atoms with Crippen LogP contribution in [0.25, 0.3) is 0 Å². The summed E-state index contributed by atoms with van der Waals surface area (Å²) in [7, 11) is 0. The van der Waals surface area contributed by atoms with Gasteiger partial charge in [0.25, 0.3) is 5.91 Å². The number of carbonyl (C=O) groups excluding carboxylic acids is 1. The average Bonchev–Trinajstić information content (AvgIpc) is 2.63. The molecule has 2 aliphatic rings. The Hall–Kier alpha value is -2.19. The highest BCUT2D eigenvalue weighted by Gasteiger charge is 2.35. The van der Waals surface area contributed by atoms with E-state index in [4.69, 9.17) is 10.8 Å². The molecule has 2 heterocycles. The van der Waals surface area contributed by atoms with Gasteiger partial charge in [-0.2, -0.15) is 0 Å². The van der Waals surface area contributed by atoms with Crippen LogP contribution in [0.4, 0.5) is 0 Å². The minimum atomic E-state index is -0.308. The van der Waals surface area contributed by atoms with Crippen LogP contribution >= 0.6 is 11.8 Å². The van der Waals surface area contributed by atoms with Crippen LogP contribution in [0, 0.1) is 5.92 Å². The summed E-state index contributed by atoms with van der Waals surface area (Å²) < 4.78 is 0. The zero-order chi connectivity index (χ0) is 18.6. The second-order valence-corrected chi connectivity index (χ2v) is 7.71. The van der Waals surface area contributed by atoms with Crippen LogP contribution in [0.15, 0.2) is 41.3 Å². The number of thioether (sulfide) groups is 1. The van der Waals surface area contributed by atoms with E-state index in [9.17, 15) is 4.79 Å². The fourth-order valence-corrected chi connectivity index (χ4v) is 4.08. The number of rotatable bonds is 5. The summed E-state index contributed by atoms with van der Waals surface area (Å²) in [6.45, 7) is 2.12. The van der Waals surface area contributed by atoms with Crippen molar-refractivity contribution in [1.29, 1.82) is 0 Å². The number of hydrogen-bond donors (Lipinski definition) is 3. The summed E-state index contributed by atoms with van der Waals surface area (Å²) in [5, 5.41) is 12.4. The molecule has 0 saturated heterocycles. The molecule has 8 heteroatoms. The van der Waals surface area contributed by atoms with E-state index < -0.39 is 0 Å². The molecule has 138 valence electrons. The van der Waals surface area contributed by atoms with Crippen molar-refractivity contribution in [3.05, 3.63) is 47.7 Å². The van der Waals surface area contributed by atoms with E-state index in [-0.39, 0.29) is 29.7 Å². The van der Waals surface area contributed by atoms with Gasteiger partial charge in [0.2, 0.25) is 0 Å². The third kappa shape index (κ3) is 4.31. The van der Waals surface area contributed by atoms with Crippen LogP contribution in [0.3, 0.4) is 0 Å². The van der Waals surface area contributed by atoms with Crippen molar-refractivity contribution in [2.75, 3.05) is 12.4 Å². The maximum absolute atomic E-state index is 12.4. The van der Waals surface area contributed by atoms with Crippen molar-refractivity contribution in [2.45, 2.75) is 31.7 Å². The first-order valence-electron chi connectivity index (χ1n) is 8.60. The van der Waals surface area contributed by atoms with Gasteiger partial charge in [-0.25, -0.2) is 4.98 Å². The highest BCUT2D eigenvalue weighted by molar-refractivity contribution is 8.13. The number of aliphatic hydroxyl groups excluding tert-OH is 1. The minimum Gasteiger partial charge on any atom is -0.396 e. The van der Waals surface area contributed by atoms with Gasteiger partial charge < -0.3 is 16.2 Å². The second-order valence-electron chi connectivity index (χ2n) is 6.59. The predicted octanol–water partition coefficient (Wildman–Crippen LogP) is 1.41. The molecule has 0 radical (unpaired) electrons. The van der Waals surface area contributed by atoms with E-state index >= 15 is 0 Å². The first-order chi connectivity index (χ1) is 12.5. The van der Waals surface area contributed by atoms with Crippen LogP contribution in [0.5, 0.6) is 0 Å². The standard InChI is InChI=1S/C18H23N5O2S/c1-18(6-8-26-17(19)23-18)12-3-2-4-13(9-12)22-16(25)15-11-20-14(5-7-24)10-21-15/h2,4,9-12,24H,3,5-8H2,1H3,(H2,19,23)(H,22,25)/t12?,18-/m0/s1. The molecular formula is C18H23N5O2S. The molecule has 1 unspecified atom stereocenters. The van der Waals surface area contributed by atoms with Gasteiger partial charge in [-0.1, -0.05) is 23.9 Å². The van der Waals surface area contributed by atoms with Gasteiger partial charge in [-0.15, -0.1) is 0 Å². The van der Waals surface area contributed by atoms with E-state index in [1.807, 2.05) is 6.08 Å². The molecule has 0 spiro atoms. The lowest BCUT2D eigenvalue weighted by molar-refractivity contribution is 0.0961. The topological polar surface area (TPSA) is 113 Å². The van der Waals surface area contributed by atoms with Crippen LogP contribution in [0.2, 0.25) is 0 Å². The minimum absolute atomic E-state index is 0.00353. The molecule has 7 nitrogen and oxygen atoms in total. The van der Waals surface area contributed by atoms with Crippen LogP contribution < -0.4 is 11.1 Å². The number of allylic oxidation sites excluding steroid dienone is 2. The first-order valence-corrected chi connectivity index (χ1v) is 9.58. The Morgan fingerprint density at radius 2 is 2.31 bits per heavy atom. The van der Waals surface area contributed by atoms with Crippen molar-refractivity contribution in [2.24, 2.45) is 16.6 Å². The number of nitrogens with one attached hydrogen (secondary N) is 1. The Morgan fingerprint density at radius 1 is 1.46 bits per heavy atom. The largest absolute Gasteiger partial charge is 0.396 e. The number of nitrogens with two attached hydrogens (primary N) is 1. The Labute approximate surface area is 156 Å². The Morgan fingerprint density at radius 3 is 3.00 bits per heavy atom. The number of nitrogens with zero attached hydrogens (tertiary/aromatic N) is 3. The van der Waals surface area contributed by atoms with Crippen molar-refractivity contribution < 1.29 is 9.90 Å². The summed E-state index contributed by atoms with van der Waals surface area (Å²) in [6, 6.07) is 0. The lowest BCUT2D eigenvalue weighted by atomic mass is 9.79. The molecule has 1 aliphatic carbocycles. The molecule has 2 atom stereocenters. The maximum Gasteiger partial charge on any atom is 0.275 e. The van der Waals surface area contributed by atoms with Crippen molar-refractivity contribution >= 4 is 22.8 Å². The fraction of sp³-hybridized carbons (Fsp3) is 0.444. The highest BCUT2D eigenvalue weighted by atomic mass is 32.2. The van der Waals surface area contributed by atoms with Crippen molar-refractivity contribution in [3.8, 4) is 0 Å². The van der Waals surface area contributed by atoms with E-state index in [2.05, 4.69) is 39.4 Å². The molecule has 4 N–H and O–H groups in total. The Bertz CT molecular complexity index is 759. The third-order valence-electron chi connectivity index (χ3n) is 4.65. The zero-order valence-corrected chi connectivity index (χ0v) is 15.5. The quantitative estimate of drug-likeness (QED) is 0.719. The van der Waals surface area contributed by atoms with Gasteiger partial charge in [0.1, 0.15) is 5.69 Å². The summed E-state index contributed by atoms with van der Waals surface area (Å²) in [5.41, 5.74) is 7.30. The molecule has 1 aliphatic heterocycles. The monoisotopic (exact) mass is 373 g/mol. The zero-order valence-electron chi connectivity index (χ0n) is 14.7. The van der Waals surface area contributed by atoms with E-state index in [1.165, 1.54) is 12.4 Å². The van der Waals surface area contributed by atoms with Gasteiger partial charge in [-0.3, -0.25) is 14.8 Å². The fourth-order valence-electron chi connectivity index (χ4n) is 3.08. The highest BCUT2D eigenvalue weighted by Crippen LogP contribution is 2.37. The molecule has 1 aromatic heterocycles. The predicted molar refractivity (Wildman–Crippen MR) is 103 cm³/mol.